The first-order valence-corrected chi connectivity index (χ1v) is 12.1. The maximum absolute atomic E-state index is 13.9. The topological polar surface area (TPSA) is 61.8 Å². The number of benzene rings is 3. The minimum Gasteiger partial charge on any atom is -0.425 e. The summed E-state index contributed by atoms with van der Waals surface area (Å²) in [6, 6.07) is 23.1. The summed E-state index contributed by atoms with van der Waals surface area (Å²) in [6.07, 6.45) is 0. The molecule has 0 spiro atoms. The fourth-order valence-electron chi connectivity index (χ4n) is 3.09. The van der Waals surface area contributed by atoms with E-state index in [4.69, 9.17) is 13.8 Å². The third-order valence-electron chi connectivity index (χ3n) is 4.92. The van der Waals surface area contributed by atoms with Crippen LogP contribution >= 0.6 is 7.60 Å². The molecule has 0 heterocycles. The zero-order chi connectivity index (χ0) is 23.4. The zero-order valence-corrected chi connectivity index (χ0v) is 20.0. The molecule has 0 amide bonds. The fraction of sp³-hybridized carbons (Fsp3) is 0.269. The fourth-order valence-corrected chi connectivity index (χ4v) is 4.59. The van der Waals surface area contributed by atoms with Crippen molar-refractivity contribution < 1.29 is 23.1 Å². The molecule has 0 bridgehead atoms. The number of aryl methyl sites for hydroxylation is 1. The van der Waals surface area contributed by atoms with Crippen molar-refractivity contribution in [2.75, 3.05) is 0 Å². The van der Waals surface area contributed by atoms with E-state index in [2.05, 4.69) is 0 Å². The molecule has 168 valence electrons. The van der Waals surface area contributed by atoms with Crippen molar-refractivity contribution in [2.24, 2.45) is 0 Å². The Hall–Kier alpha value is -3.04. The molecule has 32 heavy (non-hydrogen) atoms. The van der Waals surface area contributed by atoms with E-state index in [-0.39, 0.29) is 5.41 Å². The lowest BCUT2D eigenvalue weighted by atomic mass is 9.86. The molecule has 0 fully saturated rings. The lowest BCUT2D eigenvalue weighted by Gasteiger charge is -2.26. The van der Waals surface area contributed by atoms with Gasteiger partial charge in [-0.15, -0.1) is 0 Å². The molecule has 0 radical (unpaired) electrons. The van der Waals surface area contributed by atoms with Crippen LogP contribution in [-0.2, 0) is 14.8 Å². The van der Waals surface area contributed by atoms with Crippen molar-refractivity contribution in [3.63, 3.8) is 0 Å². The number of para-hydroxylation sites is 2. The molecule has 0 N–H and O–H groups in total. The average molecular weight is 452 g/mol. The summed E-state index contributed by atoms with van der Waals surface area (Å²) in [5, 5.41) is 0. The highest BCUT2D eigenvalue weighted by Crippen LogP contribution is 2.53. The third-order valence-corrected chi connectivity index (χ3v) is 7.01. The maximum atomic E-state index is 13.9. The van der Waals surface area contributed by atoms with E-state index in [1.807, 2.05) is 58.0 Å². The molecule has 0 saturated carbocycles. The second-order valence-corrected chi connectivity index (χ2v) is 10.9. The van der Waals surface area contributed by atoms with Gasteiger partial charge in [-0.1, -0.05) is 69.3 Å². The number of esters is 1. The molecule has 1 unspecified atom stereocenters. The van der Waals surface area contributed by atoms with Crippen LogP contribution in [0.25, 0.3) is 0 Å². The summed E-state index contributed by atoms with van der Waals surface area (Å²) in [4.78, 5) is 13.2. The van der Waals surface area contributed by atoms with Gasteiger partial charge in [0.1, 0.15) is 17.2 Å². The first-order valence-electron chi connectivity index (χ1n) is 10.5. The molecule has 0 aliphatic heterocycles. The van der Waals surface area contributed by atoms with Crippen LogP contribution < -0.4 is 13.8 Å². The van der Waals surface area contributed by atoms with Crippen LogP contribution in [-0.4, -0.2) is 11.6 Å². The van der Waals surface area contributed by atoms with E-state index in [1.54, 1.807) is 48.5 Å². The molecule has 0 saturated heterocycles. The van der Waals surface area contributed by atoms with E-state index in [0.29, 0.717) is 17.2 Å². The molecule has 1 atom stereocenters. The number of carbonyl (C=O) groups is 1. The van der Waals surface area contributed by atoms with Crippen molar-refractivity contribution in [3.05, 3.63) is 90.0 Å². The normalized spacial score (nSPS) is 12.7. The zero-order valence-electron chi connectivity index (χ0n) is 19.1. The van der Waals surface area contributed by atoms with Gasteiger partial charge in [0.2, 0.25) is 0 Å². The number of rotatable bonds is 7. The van der Waals surface area contributed by atoms with E-state index in [1.165, 1.54) is 6.92 Å². The number of carbonyl (C=O) groups excluding carboxylic acids is 1. The van der Waals surface area contributed by atoms with Gasteiger partial charge < -0.3 is 13.8 Å². The van der Waals surface area contributed by atoms with E-state index >= 15 is 0 Å². The molecule has 6 heteroatoms. The highest BCUT2D eigenvalue weighted by Gasteiger charge is 2.43. The van der Waals surface area contributed by atoms with Crippen molar-refractivity contribution in [2.45, 2.75) is 45.7 Å². The summed E-state index contributed by atoms with van der Waals surface area (Å²) in [7, 11) is -3.99. The number of ether oxygens (including phenoxy) is 1. The minimum atomic E-state index is -3.99. The first kappa shape index (κ1) is 23.6. The van der Waals surface area contributed by atoms with Gasteiger partial charge in [0, 0.05) is 5.56 Å². The lowest BCUT2D eigenvalue weighted by Crippen LogP contribution is -2.28. The van der Waals surface area contributed by atoms with E-state index < -0.39 is 19.2 Å². The van der Waals surface area contributed by atoms with Crippen molar-refractivity contribution >= 4 is 13.6 Å². The summed E-state index contributed by atoms with van der Waals surface area (Å²) in [6.45, 7) is 9.55. The maximum Gasteiger partial charge on any atom is 0.444 e. The SMILES string of the molecule is Cc1ccc(C(C)(C)C)c(OC(=O)C(C)P(=O)(Oc2ccccc2)Oc2ccccc2)c1. The van der Waals surface area contributed by atoms with Crippen LogP contribution in [0.5, 0.6) is 17.2 Å². The highest BCUT2D eigenvalue weighted by molar-refractivity contribution is 7.56. The second-order valence-electron chi connectivity index (χ2n) is 8.70. The Kier molecular flexibility index (Phi) is 7.10. The molecule has 3 rings (SSSR count). The van der Waals surface area contributed by atoms with Gasteiger partial charge in [0.05, 0.1) is 0 Å². The Bertz CT molecular complexity index is 1060. The quantitative estimate of drug-likeness (QED) is 0.221. The van der Waals surface area contributed by atoms with Crippen LogP contribution in [0.3, 0.4) is 0 Å². The summed E-state index contributed by atoms with van der Waals surface area (Å²) < 4.78 is 31.2. The predicted molar refractivity (Wildman–Crippen MR) is 127 cm³/mol. The van der Waals surface area contributed by atoms with Crippen LogP contribution in [0.4, 0.5) is 0 Å². The Morgan fingerprint density at radius 2 is 1.34 bits per heavy atom. The van der Waals surface area contributed by atoms with Gasteiger partial charge in [-0.3, -0.25) is 4.79 Å². The van der Waals surface area contributed by atoms with Gasteiger partial charge in [-0.05, 0) is 55.2 Å². The summed E-state index contributed by atoms with van der Waals surface area (Å²) >= 11 is 0. The minimum absolute atomic E-state index is 0.239. The van der Waals surface area contributed by atoms with E-state index in [0.717, 1.165) is 11.1 Å². The Morgan fingerprint density at radius 3 is 1.81 bits per heavy atom. The predicted octanol–water partition coefficient (Wildman–Crippen LogP) is 6.94. The Labute approximate surface area is 189 Å². The van der Waals surface area contributed by atoms with Crippen LogP contribution in [0.2, 0.25) is 0 Å². The van der Waals surface area contributed by atoms with Crippen LogP contribution in [0.1, 0.15) is 38.8 Å². The van der Waals surface area contributed by atoms with Crippen LogP contribution in [0.15, 0.2) is 78.9 Å². The second kappa shape index (κ2) is 9.62. The highest BCUT2D eigenvalue weighted by atomic mass is 31.2. The van der Waals surface area contributed by atoms with Crippen molar-refractivity contribution in [1.82, 2.24) is 0 Å². The van der Waals surface area contributed by atoms with Gasteiger partial charge in [0.25, 0.3) is 0 Å². The molecule has 0 aliphatic rings. The molecule has 3 aromatic carbocycles. The molecule has 0 aromatic heterocycles. The largest absolute Gasteiger partial charge is 0.444 e. The first-order chi connectivity index (χ1) is 15.1. The smallest absolute Gasteiger partial charge is 0.425 e. The summed E-state index contributed by atoms with van der Waals surface area (Å²) in [5.74, 6) is 0.450. The van der Waals surface area contributed by atoms with E-state index in [9.17, 15) is 9.36 Å². The van der Waals surface area contributed by atoms with Crippen molar-refractivity contribution in [1.29, 1.82) is 0 Å². The number of hydrogen-bond acceptors (Lipinski definition) is 5. The molecule has 5 nitrogen and oxygen atoms in total. The Morgan fingerprint density at radius 1 is 0.844 bits per heavy atom. The number of hydrogen-bond donors (Lipinski definition) is 0. The molecular weight excluding hydrogens is 423 g/mol. The molecular formula is C26H29O5P. The van der Waals surface area contributed by atoms with Crippen LogP contribution in [0, 0.1) is 6.92 Å². The van der Waals surface area contributed by atoms with Gasteiger partial charge in [-0.25, -0.2) is 4.57 Å². The van der Waals surface area contributed by atoms with Crippen molar-refractivity contribution in [3.8, 4) is 17.2 Å². The Balaban J connectivity index is 1.92. The summed E-state index contributed by atoms with van der Waals surface area (Å²) in [5.41, 5.74) is 0.428. The monoisotopic (exact) mass is 452 g/mol. The molecule has 3 aromatic rings. The third kappa shape index (κ3) is 5.80. The van der Waals surface area contributed by atoms with Gasteiger partial charge >= 0.3 is 13.6 Å². The average Bonchev–Trinajstić information content (AvgIpc) is 2.73. The lowest BCUT2D eigenvalue weighted by molar-refractivity contribution is -0.134. The van der Waals surface area contributed by atoms with Gasteiger partial charge in [-0.2, -0.15) is 0 Å². The standard InChI is InChI=1S/C26H29O5P/c1-19-16-17-23(26(3,4)5)24(18-19)29-25(27)20(2)32(28,30-21-12-8-6-9-13-21)31-22-14-10-7-11-15-22/h6-18,20H,1-5H3. The molecule has 0 aliphatic carbocycles. The van der Waals surface area contributed by atoms with Gasteiger partial charge in [0.15, 0.2) is 5.66 Å².